The quantitative estimate of drug-likeness (QED) is 0.931. The lowest BCUT2D eigenvalue weighted by Gasteiger charge is -2.13. The number of benzene rings is 2. The molecule has 0 unspecified atom stereocenters. The number of alkyl carbamates (subject to hydrolysis) is 1. The number of hydrogen-bond acceptors (Lipinski definition) is 2. The summed E-state index contributed by atoms with van der Waals surface area (Å²) in [5.41, 5.74) is 2.28. The van der Waals surface area contributed by atoms with Crippen LogP contribution in [0.2, 0.25) is 0 Å². The predicted octanol–water partition coefficient (Wildman–Crippen LogP) is 3.42. The highest BCUT2D eigenvalue weighted by Gasteiger charge is 2.31. The van der Waals surface area contributed by atoms with Gasteiger partial charge in [0, 0.05) is 0 Å². The van der Waals surface area contributed by atoms with E-state index in [-0.39, 0.29) is 18.2 Å². The van der Waals surface area contributed by atoms with Crippen molar-refractivity contribution < 1.29 is 9.53 Å². The van der Waals surface area contributed by atoms with E-state index in [1.807, 2.05) is 60.7 Å². The fraction of sp³-hybridized carbons (Fsp3) is 0.167. The number of carbonyl (C=O) groups excluding carboxylic acids is 1. The third kappa shape index (κ3) is 3.51. The van der Waals surface area contributed by atoms with Crippen molar-refractivity contribution in [2.45, 2.75) is 18.6 Å². The van der Waals surface area contributed by atoms with Gasteiger partial charge in [0.1, 0.15) is 6.10 Å². The van der Waals surface area contributed by atoms with E-state index in [0.29, 0.717) is 0 Å². The van der Waals surface area contributed by atoms with Crippen molar-refractivity contribution in [3.8, 4) is 0 Å². The molecule has 0 aromatic heterocycles. The summed E-state index contributed by atoms with van der Waals surface area (Å²) in [6.07, 6.45) is 4.11. The van der Waals surface area contributed by atoms with Gasteiger partial charge in [0.05, 0.1) is 6.04 Å². The van der Waals surface area contributed by atoms with E-state index >= 15 is 0 Å². The first kappa shape index (κ1) is 13.4. The Hall–Kier alpha value is -2.55. The van der Waals surface area contributed by atoms with Crippen molar-refractivity contribution in [2.75, 3.05) is 0 Å². The average Bonchev–Trinajstić information content (AvgIpc) is 2.87. The molecule has 2 aromatic carbocycles. The van der Waals surface area contributed by atoms with Crippen LogP contribution in [-0.4, -0.2) is 18.2 Å². The van der Waals surface area contributed by atoms with Crippen LogP contribution in [0.3, 0.4) is 0 Å². The number of carbonyl (C=O) groups is 1. The maximum absolute atomic E-state index is 11.5. The van der Waals surface area contributed by atoms with Crippen LogP contribution in [-0.2, 0) is 11.2 Å². The number of nitrogens with one attached hydrogen (secondary N) is 1. The first-order valence-corrected chi connectivity index (χ1v) is 7.05. The molecule has 3 nitrogen and oxygen atoms in total. The third-order valence-corrected chi connectivity index (χ3v) is 3.52. The van der Waals surface area contributed by atoms with Gasteiger partial charge in [-0.1, -0.05) is 66.7 Å². The highest BCUT2D eigenvalue weighted by atomic mass is 16.6. The summed E-state index contributed by atoms with van der Waals surface area (Å²) in [4.78, 5) is 11.5. The first-order valence-electron chi connectivity index (χ1n) is 7.05. The summed E-state index contributed by atoms with van der Waals surface area (Å²) in [5, 5.41) is 2.88. The lowest BCUT2D eigenvalue weighted by molar-refractivity contribution is 0.153. The molecular weight excluding hydrogens is 262 g/mol. The van der Waals surface area contributed by atoms with E-state index < -0.39 is 0 Å². The standard InChI is InChI=1S/C18H17NO2/c20-18-19-16(13-15-9-5-2-6-10-15)17(21-18)12-11-14-7-3-1-4-8-14/h1-12,16-17H,13H2,(H,19,20)/b12-11+/t16-,17-/m0/s1. The predicted molar refractivity (Wildman–Crippen MR) is 82.8 cm³/mol. The minimum atomic E-state index is -0.348. The van der Waals surface area contributed by atoms with Crippen LogP contribution < -0.4 is 5.32 Å². The summed E-state index contributed by atoms with van der Waals surface area (Å²) in [7, 11) is 0. The fourth-order valence-electron chi connectivity index (χ4n) is 2.45. The van der Waals surface area contributed by atoms with Gasteiger partial charge in [-0.05, 0) is 23.6 Å². The minimum absolute atomic E-state index is 0.0279. The van der Waals surface area contributed by atoms with Crippen LogP contribution in [0.4, 0.5) is 4.79 Å². The molecule has 1 aliphatic heterocycles. The van der Waals surface area contributed by atoms with Gasteiger partial charge in [0.25, 0.3) is 0 Å². The zero-order chi connectivity index (χ0) is 14.5. The molecule has 1 fully saturated rings. The Morgan fingerprint density at radius 2 is 1.67 bits per heavy atom. The highest BCUT2D eigenvalue weighted by Crippen LogP contribution is 2.16. The number of hydrogen-bond donors (Lipinski definition) is 1. The highest BCUT2D eigenvalue weighted by molar-refractivity contribution is 5.71. The Labute approximate surface area is 124 Å². The summed E-state index contributed by atoms with van der Waals surface area (Å²) in [5.74, 6) is 0. The van der Waals surface area contributed by atoms with E-state index in [4.69, 9.17) is 4.74 Å². The Morgan fingerprint density at radius 1 is 1.00 bits per heavy atom. The molecule has 0 aliphatic carbocycles. The molecule has 1 heterocycles. The smallest absolute Gasteiger partial charge is 0.408 e. The van der Waals surface area contributed by atoms with Crippen molar-refractivity contribution in [3.05, 3.63) is 77.9 Å². The molecule has 0 radical (unpaired) electrons. The molecular formula is C18H17NO2. The van der Waals surface area contributed by atoms with E-state index in [2.05, 4.69) is 17.4 Å². The fourth-order valence-corrected chi connectivity index (χ4v) is 2.45. The maximum atomic E-state index is 11.5. The Bertz CT molecular complexity index is 622. The SMILES string of the molecule is O=C1N[C@@H](Cc2ccccc2)[C@H](/C=C/c2ccccc2)O1. The zero-order valence-corrected chi connectivity index (χ0v) is 11.6. The molecule has 1 aliphatic rings. The number of ether oxygens (including phenoxy) is 1. The van der Waals surface area contributed by atoms with Gasteiger partial charge in [-0.15, -0.1) is 0 Å². The molecule has 21 heavy (non-hydrogen) atoms. The molecule has 0 bridgehead atoms. The van der Waals surface area contributed by atoms with Crippen LogP contribution in [0.1, 0.15) is 11.1 Å². The van der Waals surface area contributed by atoms with Crippen molar-refractivity contribution >= 4 is 12.2 Å². The Kier molecular flexibility index (Phi) is 4.01. The Morgan fingerprint density at radius 3 is 2.38 bits per heavy atom. The van der Waals surface area contributed by atoms with Crippen molar-refractivity contribution in [3.63, 3.8) is 0 Å². The molecule has 1 N–H and O–H groups in total. The van der Waals surface area contributed by atoms with E-state index in [9.17, 15) is 4.79 Å². The van der Waals surface area contributed by atoms with Crippen molar-refractivity contribution in [1.29, 1.82) is 0 Å². The van der Waals surface area contributed by atoms with Gasteiger partial charge in [-0.2, -0.15) is 0 Å². The molecule has 3 rings (SSSR count). The summed E-state index contributed by atoms with van der Waals surface area (Å²) < 4.78 is 5.33. The van der Waals surface area contributed by atoms with Gasteiger partial charge >= 0.3 is 6.09 Å². The average molecular weight is 279 g/mol. The minimum Gasteiger partial charge on any atom is -0.440 e. The summed E-state index contributed by atoms with van der Waals surface area (Å²) >= 11 is 0. The molecule has 0 spiro atoms. The van der Waals surface area contributed by atoms with Gasteiger partial charge in [0.2, 0.25) is 0 Å². The van der Waals surface area contributed by atoms with Crippen LogP contribution >= 0.6 is 0 Å². The Balaban J connectivity index is 1.71. The van der Waals surface area contributed by atoms with Crippen LogP contribution in [0.25, 0.3) is 6.08 Å². The molecule has 1 amide bonds. The second-order valence-electron chi connectivity index (χ2n) is 5.08. The zero-order valence-electron chi connectivity index (χ0n) is 11.6. The lowest BCUT2D eigenvalue weighted by atomic mass is 10.0. The summed E-state index contributed by atoms with van der Waals surface area (Å²) in [6.45, 7) is 0. The molecule has 2 aromatic rings. The summed E-state index contributed by atoms with van der Waals surface area (Å²) in [6, 6.07) is 20.1. The van der Waals surface area contributed by atoms with E-state index in [0.717, 1.165) is 12.0 Å². The van der Waals surface area contributed by atoms with Gasteiger partial charge in [0.15, 0.2) is 0 Å². The molecule has 3 heteroatoms. The number of rotatable bonds is 4. The maximum Gasteiger partial charge on any atom is 0.408 e. The third-order valence-electron chi connectivity index (χ3n) is 3.52. The van der Waals surface area contributed by atoms with Crippen LogP contribution in [0.5, 0.6) is 0 Å². The second-order valence-corrected chi connectivity index (χ2v) is 5.08. The molecule has 2 atom stereocenters. The molecule has 1 saturated heterocycles. The number of cyclic esters (lactones) is 1. The van der Waals surface area contributed by atoms with Crippen molar-refractivity contribution in [1.82, 2.24) is 5.32 Å². The van der Waals surface area contributed by atoms with Crippen LogP contribution in [0.15, 0.2) is 66.7 Å². The number of amides is 1. The molecule has 0 saturated carbocycles. The first-order chi connectivity index (χ1) is 10.3. The lowest BCUT2D eigenvalue weighted by Crippen LogP contribution is -2.32. The van der Waals surface area contributed by atoms with E-state index in [1.165, 1.54) is 5.56 Å². The van der Waals surface area contributed by atoms with Gasteiger partial charge in [-0.3, -0.25) is 0 Å². The topological polar surface area (TPSA) is 38.3 Å². The van der Waals surface area contributed by atoms with Crippen molar-refractivity contribution in [2.24, 2.45) is 0 Å². The van der Waals surface area contributed by atoms with E-state index in [1.54, 1.807) is 0 Å². The normalized spacial score (nSPS) is 21.2. The monoisotopic (exact) mass is 279 g/mol. The van der Waals surface area contributed by atoms with Gasteiger partial charge < -0.3 is 10.1 Å². The van der Waals surface area contributed by atoms with Gasteiger partial charge in [-0.25, -0.2) is 4.79 Å². The second kappa shape index (κ2) is 6.27. The molecule has 106 valence electrons. The largest absolute Gasteiger partial charge is 0.440 e. The van der Waals surface area contributed by atoms with Crippen LogP contribution in [0, 0.1) is 0 Å².